The van der Waals surface area contributed by atoms with E-state index in [0.717, 1.165) is 0 Å². The fourth-order valence-electron chi connectivity index (χ4n) is 2.07. The summed E-state index contributed by atoms with van der Waals surface area (Å²) in [5.41, 5.74) is 0. The van der Waals surface area contributed by atoms with E-state index in [2.05, 4.69) is 33.9 Å². The van der Waals surface area contributed by atoms with E-state index >= 15 is 0 Å². The van der Waals surface area contributed by atoms with Gasteiger partial charge in [-0.15, -0.1) is 0 Å². The lowest BCUT2D eigenvalue weighted by molar-refractivity contribution is -0.00968. The van der Waals surface area contributed by atoms with Crippen molar-refractivity contribution in [2.24, 2.45) is 0 Å². The molecule has 1 saturated heterocycles. The van der Waals surface area contributed by atoms with Crippen LogP contribution in [0.25, 0.3) is 0 Å². The van der Waals surface area contributed by atoms with Gasteiger partial charge in [0.2, 0.25) is 0 Å². The van der Waals surface area contributed by atoms with Gasteiger partial charge in [-0.2, -0.15) is 0 Å². The smallest absolute Gasteiger partial charge is 0.192 e. The Morgan fingerprint density at radius 3 is 2.25 bits per heavy atom. The molecule has 0 aromatic rings. The standard InChI is InChI=1S/C13H29O5PSi/c1-9-11(18-20(6,7)13(2,3)4)12(17-19(5)15)10(8-14)16-9/h9-12,14,19H,8H2,1-7H3/t9-,10+,11+,12?/m0/s1. The van der Waals surface area contributed by atoms with E-state index in [4.69, 9.17) is 13.7 Å². The van der Waals surface area contributed by atoms with Crippen molar-refractivity contribution in [1.29, 1.82) is 0 Å². The zero-order valence-electron chi connectivity index (χ0n) is 13.6. The number of aliphatic hydroxyl groups is 1. The molecule has 0 saturated carbocycles. The Morgan fingerprint density at radius 2 is 1.85 bits per heavy atom. The summed E-state index contributed by atoms with van der Waals surface area (Å²) in [5.74, 6) is 0. The summed E-state index contributed by atoms with van der Waals surface area (Å²) in [7, 11) is -4.09. The molecule has 0 bridgehead atoms. The quantitative estimate of drug-likeness (QED) is 0.622. The topological polar surface area (TPSA) is 65.0 Å². The summed E-state index contributed by atoms with van der Waals surface area (Å²) < 4.78 is 29.0. The van der Waals surface area contributed by atoms with Crippen LogP contribution in [0.5, 0.6) is 0 Å². The molecule has 0 aromatic heterocycles. The third-order valence-corrected chi connectivity index (χ3v) is 9.34. The second-order valence-electron chi connectivity index (χ2n) is 6.98. The maximum atomic E-state index is 11.5. The molecule has 1 rings (SSSR count). The van der Waals surface area contributed by atoms with Gasteiger partial charge in [-0.3, -0.25) is 4.57 Å². The molecule has 1 fully saturated rings. The van der Waals surface area contributed by atoms with Crippen molar-refractivity contribution >= 4 is 16.3 Å². The van der Waals surface area contributed by atoms with Crippen LogP contribution >= 0.6 is 8.03 Å². The van der Waals surface area contributed by atoms with E-state index in [1.54, 1.807) is 6.66 Å². The molecule has 1 aliphatic heterocycles. The average molecular weight is 324 g/mol. The van der Waals surface area contributed by atoms with Crippen molar-refractivity contribution in [2.45, 2.75) is 70.2 Å². The Balaban J connectivity index is 2.92. The minimum Gasteiger partial charge on any atom is -0.409 e. The molecular weight excluding hydrogens is 295 g/mol. The lowest BCUT2D eigenvalue weighted by atomic mass is 10.1. The Kier molecular flexibility index (Phi) is 6.04. The van der Waals surface area contributed by atoms with Gasteiger partial charge in [0.05, 0.1) is 12.7 Å². The lowest BCUT2D eigenvalue weighted by Crippen LogP contribution is -2.49. The van der Waals surface area contributed by atoms with Crippen LogP contribution in [0.4, 0.5) is 0 Å². The van der Waals surface area contributed by atoms with E-state index in [9.17, 15) is 9.67 Å². The van der Waals surface area contributed by atoms with Gasteiger partial charge in [-0.25, -0.2) is 0 Å². The minimum absolute atomic E-state index is 0.0754. The maximum absolute atomic E-state index is 11.5. The van der Waals surface area contributed by atoms with Gasteiger partial charge < -0.3 is 18.8 Å². The maximum Gasteiger partial charge on any atom is 0.192 e. The van der Waals surface area contributed by atoms with Gasteiger partial charge in [0.15, 0.2) is 16.3 Å². The van der Waals surface area contributed by atoms with Crippen molar-refractivity contribution in [2.75, 3.05) is 13.3 Å². The first-order chi connectivity index (χ1) is 8.99. The average Bonchev–Trinajstić information content (AvgIpc) is 2.54. The van der Waals surface area contributed by atoms with Crippen molar-refractivity contribution in [1.82, 2.24) is 0 Å². The number of aliphatic hydroxyl groups excluding tert-OH is 1. The summed E-state index contributed by atoms with van der Waals surface area (Å²) >= 11 is 0. The molecule has 0 aliphatic carbocycles. The van der Waals surface area contributed by atoms with Gasteiger partial charge >= 0.3 is 0 Å². The summed E-state index contributed by atoms with van der Waals surface area (Å²) in [5, 5.41) is 9.48. The monoisotopic (exact) mass is 324 g/mol. The Labute approximate surface area is 124 Å². The van der Waals surface area contributed by atoms with Gasteiger partial charge in [0.1, 0.15) is 18.3 Å². The van der Waals surface area contributed by atoms with Crippen molar-refractivity contribution < 1.29 is 23.4 Å². The van der Waals surface area contributed by atoms with Gasteiger partial charge in [0.25, 0.3) is 0 Å². The third kappa shape index (κ3) is 4.15. The highest BCUT2D eigenvalue weighted by molar-refractivity contribution is 7.38. The highest BCUT2D eigenvalue weighted by Crippen LogP contribution is 2.41. The van der Waals surface area contributed by atoms with Crippen LogP contribution in [0.3, 0.4) is 0 Å². The Hall–Kier alpha value is 0.287. The SMILES string of the molecule is C[C@@H]1O[C@H](CO)C(O[PH](C)=O)[C@@H]1O[Si](C)(C)C(C)(C)C. The number of hydrogen-bond donors (Lipinski definition) is 1. The molecule has 1 N–H and O–H groups in total. The first-order valence-corrected chi connectivity index (χ1v) is 11.8. The molecule has 1 heterocycles. The Bertz CT molecular complexity index is 355. The second kappa shape index (κ2) is 6.59. The van der Waals surface area contributed by atoms with E-state index in [0.29, 0.717) is 0 Å². The number of hydrogen-bond acceptors (Lipinski definition) is 5. The summed E-state index contributed by atoms with van der Waals surface area (Å²) in [6, 6.07) is 0. The molecular formula is C13H29O5PSi. The molecule has 1 aliphatic rings. The normalized spacial score (nSPS) is 33.4. The van der Waals surface area contributed by atoms with Crippen molar-refractivity contribution in [3.05, 3.63) is 0 Å². The zero-order valence-corrected chi connectivity index (χ0v) is 15.6. The van der Waals surface area contributed by atoms with Crippen LogP contribution in [-0.4, -0.2) is 51.1 Å². The first kappa shape index (κ1) is 18.3. The molecule has 5 atom stereocenters. The van der Waals surface area contributed by atoms with Crippen LogP contribution < -0.4 is 0 Å². The predicted molar refractivity (Wildman–Crippen MR) is 83.3 cm³/mol. The number of ether oxygens (including phenoxy) is 1. The molecule has 120 valence electrons. The van der Waals surface area contributed by atoms with Gasteiger partial charge in [0, 0.05) is 6.66 Å². The predicted octanol–water partition coefficient (Wildman–Crippen LogP) is 2.65. The van der Waals surface area contributed by atoms with E-state index in [1.807, 2.05) is 6.92 Å². The van der Waals surface area contributed by atoms with E-state index < -0.39 is 28.6 Å². The van der Waals surface area contributed by atoms with Crippen molar-refractivity contribution in [3.8, 4) is 0 Å². The molecule has 7 heteroatoms. The largest absolute Gasteiger partial charge is 0.409 e. The van der Waals surface area contributed by atoms with Gasteiger partial charge in [-0.1, -0.05) is 20.8 Å². The molecule has 0 radical (unpaired) electrons. The Morgan fingerprint density at radius 1 is 1.30 bits per heavy atom. The van der Waals surface area contributed by atoms with Crippen LogP contribution in [0.2, 0.25) is 18.1 Å². The van der Waals surface area contributed by atoms with Crippen LogP contribution in [0, 0.1) is 0 Å². The number of rotatable bonds is 5. The molecule has 0 aromatic carbocycles. The minimum atomic E-state index is -2.11. The van der Waals surface area contributed by atoms with Crippen LogP contribution in [0.15, 0.2) is 0 Å². The summed E-state index contributed by atoms with van der Waals surface area (Å²) in [4.78, 5) is 0. The summed E-state index contributed by atoms with van der Waals surface area (Å²) in [6.45, 7) is 14.1. The van der Waals surface area contributed by atoms with Gasteiger partial charge in [-0.05, 0) is 25.1 Å². The molecule has 5 nitrogen and oxygen atoms in total. The van der Waals surface area contributed by atoms with Crippen LogP contribution in [-0.2, 0) is 18.3 Å². The fourth-order valence-corrected chi connectivity index (χ4v) is 4.10. The fraction of sp³-hybridized carbons (Fsp3) is 1.00. The van der Waals surface area contributed by atoms with E-state index in [-0.39, 0.29) is 23.9 Å². The van der Waals surface area contributed by atoms with Crippen LogP contribution in [0.1, 0.15) is 27.7 Å². The second-order valence-corrected chi connectivity index (χ2v) is 13.0. The zero-order chi connectivity index (χ0) is 15.7. The lowest BCUT2D eigenvalue weighted by Gasteiger charge is -2.40. The van der Waals surface area contributed by atoms with Crippen molar-refractivity contribution in [3.63, 3.8) is 0 Å². The first-order valence-electron chi connectivity index (χ1n) is 7.11. The highest BCUT2D eigenvalue weighted by atomic mass is 31.1. The third-order valence-electron chi connectivity index (χ3n) is 4.26. The van der Waals surface area contributed by atoms with E-state index in [1.165, 1.54) is 0 Å². The molecule has 0 amide bonds. The highest BCUT2D eigenvalue weighted by Gasteiger charge is 2.49. The summed E-state index contributed by atoms with van der Waals surface area (Å²) in [6.07, 6.45) is -1.37. The molecule has 2 unspecified atom stereocenters. The molecule has 20 heavy (non-hydrogen) atoms. The molecule has 0 spiro atoms.